The molecule has 0 aliphatic carbocycles. The highest BCUT2D eigenvalue weighted by Crippen LogP contribution is 2.23. The zero-order chi connectivity index (χ0) is 18.9. The van der Waals surface area contributed by atoms with Gasteiger partial charge in [0.25, 0.3) is 5.91 Å². The molecule has 4 rings (SSSR count). The molecule has 8 heteroatoms. The van der Waals surface area contributed by atoms with Crippen LogP contribution in [0.2, 0.25) is 0 Å². The number of nitrogens with one attached hydrogen (secondary N) is 1. The van der Waals surface area contributed by atoms with Crippen molar-refractivity contribution in [3.8, 4) is 0 Å². The maximum absolute atomic E-state index is 12.3. The van der Waals surface area contributed by atoms with Crippen LogP contribution in [0, 0.1) is 0 Å². The standard InChI is InChI=1S/C19H19N3O3S2/c23-19(21-15-8-10-27(24,25)13-15)14-4-6-17(7-5-14)26-12-16-11-22-9-2-1-3-18(22)20-16/h1-7,9,11,15H,8,10,12-13H2,(H,21,23). The van der Waals surface area contributed by atoms with E-state index < -0.39 is 9.84 Å². The number of nitrogens with zero attached hydrogens (tertiary/aromatic N) is 2. The van der Waals surface area contributed by atoms with E-state index in [9.17, 15) is 13.2 Å². The first-order chi connectivity index (χ1) is 13.0. The third-order valence-corrected chi connectivity index (χ3v) is 7.30. The number of amides is 1. The molecule has 27 heavy (non-hydrogen) atoms. The minimum absolute atomic E-state index is 0.0334. The van der Waals surface area contributed by atoms with E-state index in [1.807, 2.05) is 47.1 Å². The van der Waals surface area contributed by atoms with Gasteiger partial charge in [-0.15, -0.1) is 11.8 Å². The van der Waals surface area contributed by atoms with E-state index >= 15 is 0 Å². The fraction of sp³-hybridized carbons (Fsp3) is 0.263. The summed E-state index contributed by atoms with van der Waals surface area (Å²) in [5.74, 6) is 0.698. The van der Waals surface area contributed by atoms with Crippen LogP contribution in [0.1, 0.15) is 22.5 Å². The van der Waals surface area contributed by atoms with Gasteiger partial charge < -0.3 is 9.72 Å². The summed E-state index contributed by atoms with van der Waals surface area (Å²) < 4.78 is 25.0. The van der Waals surface area contributed by atoms with Crippen molar-refractivity contribution in [2.75, 3.05) is 11.5 Å². The number of sulfone groups is 1. The summed E-state index contributed by atoms with van der Waals surface area (Å²) in [4.78, 5) is 17.9. The van der Waals surface area contributed by atoms with E-state index in [0.717, 1.165) is 22.0 Å². The van der Waals surface area contributed by atoms with Crippen molar-refractivity contribution in [1.29, 1.82) is 0 Å². The van der Waals surface area contributed by atoms with Crippen LogP contribution >= 0.6 is 11.8 Å². The fourth-order valence-corrected chi connectivity index (χ4v) is 5.55. The normalized spacial score (nSPS) is 18.6. The van der Waals surface area contributed by atoms with Crippen molar-refractivity contribution in [3.63, 3.8) is 0 Å². The van der Waals surface area contributed by atoms with Gasteiger partial charge in [-0.25, -0.2) is 13.4 Å². The molecule has 1 aromatic carbocycles. The predicted molar refractivity (Wildman–Crippen MR) is 106 cm³/mol. The molecular weight excluding hydrogens is 382 g/mol. The molecule has 3 heterocycles. The van der Waals surface area contributed by atoms with Gasteiger partial charge in [0.1, 0.15) is 5.65 Å². The van der Waals surface area contributed by atoms with Gasteiger partial charge in [-0.05, 0) is 42.8 Å². The number of imidazole rings is 1. The summed E-state index contributed by atoms with van der Waals surface area (Å²) in [7, 11) is -3.00. The summed E-state index contributed by atoms with van der Waals surface area (Å²) in [6.07, 6.45) is 4.47. The van der Waals surface area contributed by atoms with Gasteiger partial charge in [0.05, 0.1) is 17.2 Å². The molecule has 1 N–H and O–H groups in total. The number of carbonyl (C=O) groups is 1. The zero-order valence-corrected chi connectivity index (χ0v) is 16.2. The van der Waals surface area contributed by atoms with Gasteiger partial charge in [0.15, 0.2) is 9.84 Å². The first kappa shape index (κ1) is 18.1. The molecule has 2 aromatic heterocycles. The smallest absolute Gasteiger partial charge is 0.251 e. The maximum Gasteiger partial charge on any atom is 0.251 e. The lowest BCUT2D eigenvalue weighted by Gasteiger charge is -2.11. The zero-order valence-electron chi connectivity index (χ0n) is 14.5. The Balaban J connectivity index is 1.35. The molecule has 3 aromatic rings. The van der Waals surface area contributed by atoms with E-state index in [4.69, 9.17) is 0 Å². The van der Waals surface area contributed by atoms with Crippen LogP contribution in [0.5, 0.6) is 0 Å². The second-order valence-corrected chi connectivity index (χ2v) is 9.86. The molecule has 140 valence electrons. The summed E-state index contributed by atoms with van der Waals surface area (Å²) in [6.45, 7) is 0. The lowest BCUT2D eigenvalue weighted by atomic mass is 10.2. The highest BCUT2D eigenvalue weighted by Gasteiger charge is 2.29. The van der Waals surface area contributed by atoms with Crippen LogP contribution in [0.3, 0.4) is 0 Å². The third kappa shape index (κ3) is 4.33. The summed E-state index contributed by atoms with van der Waals surface area (Å²) in [5.41, 5.74) is 2.46. The molecule has 6 nitrogen and oxygen atoms in total. The Morgan fingerprint density at radius 3 is 2.74 bits per heavy atom. The maximum atomic E-state index is 12.3. The summed E-state index contributed by atoms with van der Waals surface area (Å²) in [6, 6.07) is 13.0. The van der Waals surface area contributed by atoms with E-state index in [0.29, 0.717) is 12.0 Å². The molecular formula is C19H19N3O3S2. The van der Waals surface area contributed by atoms with Crippen LogP contribution in [-0.4, -0.2) is 41.3 Å². The Morgan fingerprint density at radius 2 is 2.04 bits per heavy atom. The molecule has 1 aliphatic rings. The van der Waals surface area contributed by atoms with Crippen LogP contribution < -0.4 is 5.32 Å². The molecule has 1 saturated heterocycles. The molecule has 0 bridgehead atoms. The van der Waals surface area contributed by atoms with Gasteiger partial charge in [-0.2, -0.15) is 0 Å². The molecule has 1 fully saturated rings. The SMILES string of the molecule is O=C(NC1CCS(=O)(=O)C1)c1ccc(SCc2cn3ccccc3n2)cc1. The van der Waals surface area contributed by atoms with Crippen LogP contribution in [0.15, 0.2) is 59.8 Å². The van der Waals surface area contributed by atoms with Crippen molar-refractivity contribution >= 4 is 33.2 Å². The number of thioether (sulfide) groups is 1. The van der Waals surface area contributed by atoms with Gasteiger partial charge in [-0.3, -0.25) is 4.79 Å². The predicted octanol–water partition coefficient (Wildman–Crippen LogP) is 2.54. The van der Waals surface area contributed by atoms with E-state index in [1.54, 1.807) is 23.9 Å². The molecule has 1 unspecified atom stereocenters. The Labute approximate surface area is 161 Å². The highest BCUT2D eigenvalue weighted by molar-refractivity contribution is 7.98. The molecule has 0 radical (unpaired) electrons. The average Bonchev–Trinajstić information content (AvgIpc) is 3.22. The van der Waals surface area contributed by atoms with Gasteiger partial charge >= 0.3 is 0 Å². The lowest BCUT2D eigenvalue weighted by Crippen LogP contribution is -2.35. The van der Waals surface area contributed by atoms with Gasteiger partial charge in [0, 0.05) is 34.6 Å². The number of fused-ring (bicyclic) bond motifs is 1. The molecule has 0 saturated carbocycles. The molecule has 1 amide bonds. The minimum Gasteiger partial charge on any atom is -0.348 e. The summed E-state index contributed by atoms with van der Waals surface area (Å²) >= 11 is 1.65. The van der Waals surface area contributed by atoms with E-state index in [-0.39, 0.29) is 23.5 Å². The molecule has 1 atom stereocenters. The number of hydrogen-bond acceptors (Lipinski definition) is 5. The topological polar surface area (TPSA) is 80.5 Å². The van der Waals surface area contributed by atoms with Crippen molar-refractivity contribution < 1.29 is 13.2 Å². The third-order valence-electron chi connectivity index (χ3n) is 4.48. The van der Waals surface area contributed by atoms with Crippen molar-refractivity contribution in [2.45, 2.75) is 23.1 Å². The van der Waals surface area contributed by atoms with Crippen molar-refractivity contribution in [3.05, 3.63) is 66.1 Å². The van der Waals surface area contributed by atoms with Crippen LogP contribution in [0.4, 0.5) is 0 Å². The Bertz CT molecular complexity index is 1040. The van der Waals surface area contributed by atoms with Crippen molar-refractivity contribution in [1.82, 2.24) is 14.7 Å². The average molecular weight is 402 g/mol. The van der Waals surface area contributed by atoms with E-state index in [2.05, 4.69) is 10.3 Å². The number of rotatable bonds is 5. The Hall–Kier alpha value is -2.32. The number of hydrogen-bond donors (Lipinski definition) is 1. The number of carbonyl (C=O) groups excluding carboxylic acids is 1. The second kappa shape index (κ2) is 7.36. The van der Waals surface area contributed by atoms with Crippen molar-refractivity contribution in [2.24, 2.45) is 0 Å². The molecule has 0 spiro atoms. The number of benzene rings is 1. The van der Waals surface area contributed by atoms with Gasteiger partial charge in [-0.1, -0.05) is 6.07 Å². The first-order valence-electron chi connectivity index (χ1n) is 8.65. The minimum atomic E-state index is -3.00. The van der Waals surface area contributed by atoms with Crippen LogP contribution in [0.25, 0.3) is 5.65 Å². The number of aromatic nitrogens is 2. The monoisotopic (exact) mass is 401 g/mol. The Kier molecular flexibility index (Phi) is 4.92. The second-order valence-electron chi connectivity index (χ2n) is 6.58. The summed E-state index contributed by atoms with van der Waals surface area (Å²) in [5, 5.41) is 2.81. The number of pyridine rings is 1. The first-order valence-corrected chi connectivity index (χ1v) is 11.5. The van der Waals surface area contributed by atoms with Gasteiger partial charge in [0.2, 0.25) is 0 Å². The fourth-order valence-electron chi connectivity index (χ4n) is 3.09. The lowest BCUT2D eigenvalue weighted by molar-refractivity contribution is 0.0941. The van der Waals surface area contributed by atoms with E-state index in [1.165, 1.54) is 0 Å². The quantitative estimate of drug-likeness (QED) is 0.665. The largest absolute Gasteiger partial charge is 0.348 e. The highest BCUT2D eigenvalue weighted by atomic mass is 32.2. The Morgan fingerprint density at radius 1 is 1.22 bits per heavy atom. The van der Waals surface area contributed by atoms with Crippen LogP contribution in [-0.2, 0) is 15.6 Å². The molecule has 1 aliphatic heterocycles.